The van der Waals surface area contributed by atoms with E-state index in [1.807, 2.05) is 0 Å². The number of hydrogen-bond donors (Lipinski definition) is 2. The molecule has 11 heavy (non-hydrogen) atoms. The van der Waals surface area contributed by atoms with E-state index in [9.17, 15) is 5.11 Å². The van der Waals surface area contributed by atoms with Gasteiger partial charge in [-0.05, 0) is 12.2 Å². The molecule has 0 bridgehead atoms. The van der Waals surface area contributed by atoms with Crippen molar-refractivity contribution in [1.29, 1.82) is 0 Å². The van der Waals surface area contributed by atoms with Gasteiger partial charge in [0.15, 0.2) is 5.72 Å². The molecular weight excluding hydrogens is 210 g/mol. The quantitative estimate of drug-likeness (QED) is 0.632. The molecule has 0 aliphatic heterocycles. The highest BCUT2D eigenvalue weighted by atomic mass is 79.9. The van der Waals surface area contributed by atoms with E-state index in [1.54, 1.807) is 18.2 Å². The van der Waals surface area contributed by atoms with Crippen LogP contribution in [0.5, 0.6) is 0 Å². The lowest BCUT2D eigenvalue weighted by molar-refractivity contribution is -0.0459. The molecule has 3 nitrogen and oxygen atoms in total. The molecule has 0 saturated carbocycles. The number of halogens is 1. The third-order valence-electron chi connectivity index (χ3n) is 1.65. The molecule has 0 spiro atoms. The van der Waals surface area contributed by atoms with Gasteiger partial charge in [-0.1, -0.05) is 22.0 Å². The van der Waals surface area contributed by atoms with E-state index in [4.69, 9.17) is 10.5 Å². The first-order valence-electron chi connectivity index (χ1n) is 3.17. The molecule has 0 fully saturated rings. The maximum absolute atomic E-state index is 9.48. The first kappa shape index (κ1) is 8.93. The Hall–Kier alpha value is -0.160. The normalized spacial score (nSPS) is 37.1. The molecule has 4 heteroatoms. The van der Waals surface area contributed by atoms with E-state index in [-0.39, 0.29) is 0 Å². The van der Waals surface area contributed by atoms with Gasteiger partial charge in [-0.2, -0.15) is 0 Å². The number of methoxy groups -OCH3 is 1. The summed E-state index contributed by atoms with van der Waals surface area (Å²) in [4.78, 5) is 0. The predicted octanol–water partition coefficient (Wildman–Crippen LogP) is 0.497. The smallest absolute Gasteiger partial charge is 0.166 e. The van der Waals surface area contributed by atoms with Crippen LogP contribution in [0.15, 0.2) is 22.7 Å². The summed E-state index contributed by atoms with van der Waals surface area (Å²) in [5.41, 5.74) is 4.57. The standard InChI is InChI=1S/C7H10BrNO2/c1-11-7(9)4-2-3-5(8)6(7)10/h2-4,6,10H,9H2,1H3. The number of aliphatic hydroxyl groups excluding tert-OH is 1. The molecule has 2 unspecified atom stereocenters. The maximum atomic E-state index is 9.48. The zero-order chi connectivity index (χ0) is 8.48. The fourth-order valence-electron chi connectivity index (χ4n) is 0.868. The summed E-state index contributed by atoms with van der Waals surface area (Å²) in [7, 11) is 1.46. The van der Waals surface area contributed by atoms with E-state index in [0.717, 1.165) is 0 Å². The Balaban J connectivity index is 2.88. The highest BCUT2D eigenvalue weighted by Gasteiger charge is 2.34. The Labute approximate surface area is 73.7 Å². The molecule has 0 aromatic rings. The lowest BCUT2D eigenvalue weighted by atomic mass is 10.0. The highest BCUT2D eigenvalue weighted by molar-refractivity contribution is 9.11. The third kappa shape index (κ3) is 1.54. The van der Waals surface area contributed by atoms with Crippen LogP contribution in [0.3, 0.4) is 0 Å². The van der Waals surface area contributed by atoms with Gasteiger partial charge >= 0.3 is 0 Å². The largest absolute Gasteiger partial charge is 0.383 e. The number of nitrogens with two attached hydrogens (primary N) is 1. The van der Waals surface area contributed by atoms with Crippen LogP contribution < -0.4 is 5.73 Å². The van der Waals surface area contributed by atoms with E-state index in [0.29, 0.717) is 4.48 Å². The van der Waals surface area contributed by atoms with Gasteiger partial charge in [0.1, 0.15) is 6.10 Å². The molecule has 0 saturated heterocycles. The second-order valence-corrected chi connectivity index (χ2v) is 3.29. The van der Waals surface area contributed by atoms with Gasteiger partial charge in [0.25, 0.3) is 0 Å². The van der Waals surface area contributed by atoms with Crippen molar-refractivity contribution in [1.82, 2.24) is 0 Å². The van der Waals surface area contributed by atoms with E-state index in [1.165, 1.54) is 7.11 Å². The first-order valence-corrected chi connectivity index (χ1v) is 3.96. The summed E-state index contributed by atoms with van der Waals surface area (Å²) in [6, 6.07) is 0. The summed E-state index contributed by atoms with van der Waals surface area (Å²) < 4.78 is 5.56. The molecule has 1 aliphatic rings. The summed E-state index contributed by atoms with van der Waals surface area (Å²) in [5.74, 6) is 0. The molecule has 0 amide bonds. The van der Waals surface area contributed by atoms with Crippen LogP contribution in [0.2, 0.25) is 0 Å². The molecule has 2 atom stereocenters. The van der Waals surface area contributed by atoms with Crippen molar-refractivity contribution in [2.45, 2.75) is 11.8 Å². The molecule has 0 aromatic heterocycles. The minimum atomic E-state index is -1.09. The van der Waals surface area contributed by atoms with Gasteiger partial charge in [-0.3, -0.25) is 5.73 Å². The fraction of sp³-hybridized carbons (Fsp3) is 0.429. The monoisotopic (exact) mass is 219 g/mol. The number of allylic oxidation sites excluding steroid dienone is 2. The second-order valence-electron chi connectivity index (χ2n) is 2.37. The molecule has 1 rings (SSSR count). The van der Waals surface area contributed by atoms with Gasteiger partial charge < -0.3 is 9.84 Å². The van der Waals surface area contributed by atoms with Gasteiger partial charge in [-0.15, -0.1) is 0 Å². The van der Waals surface area contributed by atoms with Gasteiger partial charge in [0.2, 0.25) is 0 Å². The average molecular weight is 220 g/mol. The van der Waals surface area contributed by atoms with Crippen LogP contribution in [0.25, 0.3) is 0 Å². The lowest BCUT2D eigenvalue weighted by Gasteiger charge is -2.31. The van der Waals surface area contributed by atoms with Gasteiger partial charge in [0.05, 0.1) is 0 Å². The van der Waals surface area contributed by atoms with Crippen LogP contribution in [-0.2, 0) is 4.74 Å². The summed E-state index contributed by atoms with van der Waals surface area (Å²) in [5, 5.41) is 9.48. The summed E-state index contributed by atoms with van der Waals surface area (Å²) >= 11 is 3.17. The minimum Gasteiger partial charge on any atom is -0.383 e. The number of aliphatic hydroxyl groups is 1. The summed E-state index contributed by atoms with van der Waals surface area (Å²) in [6.07, 6.45) is 4.26. The highest BCUT2D eigenvalue weighted by Crippen LogP contribution is 2.25. The number of hydrogen-bond acceptors (Lipinski definition) is 3. The van der Waals surface area contributed by atoms with Crippen molar-refractivity contribution in [2.24, 2.45) is 5.73 Å². The van der Waals surface area contributed by atoms with Crippen molar-refractivity contribution in [3.63, 3.8) is 0 Å². The van der Waals surface area contributed by atoms with Crippen LogP contribution in [0.1, 0.15) is 0 Å². The molecule has 1 aliphatic carbocycles. The van der Waals surface area contributed by atoms with E-state index < -0.39 is 11.8 Å². The Morgan fingerprint density at radius 1 is 1.82 bits per heavy atom. The first-order chi connectivity index (χ1) is 5.10. The van der Waals surface area contributed by atoms with Gasteiger partial charge in [-0.25, -0.2) is 0 Å². The molecule has 62 valence electrons. The van der Waals surface area contributed by atoms with Crippen molar-refractivity contribution in [3.05, 3.63) is 22.7 Å². The second kappa shape index (κ2) is 3.06. The Morgan fingerprint density at radius 3 is 2.91 bits per heavy atom. The SMILES string of the molecule is COC1(N)C=CC=C(Br)C1O. The fourth-order valence-corrected chi connectivity index (χ4v) is 1.38. The van der Waals surface area contributed by atoms with E-state index in [2.05, 4.69) is 15.9 Å². The molecule has 0 heterocycles. The molecule has 0 radical (unpaired) electrons. The van der Waals surface area contributed by atoms with E-state index >= 15 is 0 Å². The van der Waals surface area contributed by atoms with Crippen molar-refractivity contribution in [3.8, 4) is 0 Å². The Bertz CT molecular complexity index is 214. The average Bonchev–Trinajstić information content (AvgIpc) is 2.00. The Morgan fingerprint density at radius 2 is 2.45 bits per heavy atom. The number of ether oxygens (including phenoxy) is 1. The molecule has 0 aromatic carbocycles. The van der Waals surface area contributed by atoms with Crippen LogP contribution in [0, 0.1) is 0 Å². The number of rotatable bonds is 1. The molecular formula is C7H10BrNO2. The lowest BCUT2D eigenvalue weighted by Crippen LogP contribution is -2.51. The summed E-state index contributed by atoms with van der Waals surface area (Å²) in [6.45, 7) is 0. The van der Waals surface area contributed by atoms with Crippen LogP contribution in [0.4, 0.5) is 0 Å². The van der Waals surface area contributed by atoms with Crippen molar-refractivity contribution in [2.75, 3.05) is 7.11 Å². The zero-order valence-electron chi connectivity index (χ0n) is 6.12. The van der Waals surface area contributed by atoms with Crippen molar-refractivity contribution >= 4 is 15.9 Å². The van der Waals surface area contributed by atoms with Crippen LogP contribution in [-0.4, -0.2) is 24.0 Å². The maximum Gasteiger partial charge on any atom is 0.166 e. The minimum absolute atomic E-state index is 0.629. The van der Waals surface area contributed by atoms with Crippen molar-refractivity contribution < 1.29 is 9.84 Å². The predicted molar refractivity (Wildman–Crippen MR) is 46.1 cm³/mol. The van der Waals surface area contributed by atoms with Crippen LogP contribution >= 0.6 is 15.9 Å². The third-order valence-corrected chi connectivity index (χ3v) is 2.35. The topological polar surface area (TPSA) is 55.5 Å². The van der Waals surface area contributed by atoms with Gasteiger partial charge in [0, 0.05) is 11.6 Å². The molecule has 3 N–H and O–H groups in total. The Kier molecular flexibility index (Phi) is 2.49. The zero-order valence-corrected chi connectivity index (χ0v) is 7.71.